The van der Waals surface area contributed by atoms with Gasteiger partial charge in [-0.25, -0.2) is 4.98 Å². The van der Waals surface area contributed by atoms with Crippen LogP contribution in [-0.2, 0) is 7.05 Å². The topological polar surface area (TPSA) is 81.1 Å². The zero-order valence-electron chi connectivity index (χ0n) is 10.9. The Morgan fingerprint density at radius 1 is 1.20 bits per heavy atom. The number of nitrogens with zero attached hydrogens (tertiary/aromatic N) is 2. The van der Waals surface area contributed by atoms with E-state index in [4.69, 9.17) is 5.73 Å². The first-order valence-electron chi connectivity index (χ1n) is 6.12. The fourth-order valence-electron chi connectivity index (χ4n) is 2.33. The van der Waals surface area contributed by atoms with E-state index in [1.165, 1.54) is 4.57 Å². The molecular formula is C15H13N3O2. The highest BCUT2D eigenvalue weighted by Crippen LogP contribution is 2.31. The van der Waals surface area contributed by atoms with Crippen molar-refractivity contribution < 1.29 is 5.11 Å². The number of rotatable bonds is 1. The number of benzene rings is 1. The van der Waals surface area contributed by atoms with Crippen molar-refractivity contribution in [1.82, 2.24) is 9.55 Å². The van der Waals surface area contributed by atoms with Gasteiger partial charge in [0.1, 0.15) is 17.1 Å². The van der Waals surface area contributed by atoms with Crippen LogP contribution >= 0.6 is 0 Å². The van der Waals surface area contributed by atoms with Gasteiger partial charge in [0.25, 0.3) is 5.56 Å². The van der Waals surface area contributed by atoms with Crippen LogP contribution < -0.4 is 11.3 Å². The first-order chi connectivity index (χ1) is 9.59. The van der Waals surface area contributed by atoms with Crippen LogP contribution in [0.3, 0.4) is 0 Å². The summed E-state index contributed by atoms with van der Waals surface area (Å²) < 4.78 is 1.44. The van der Waals surface area contributed by atoms with E-state index in [2.05, 4.69) is 4.98 Å². The molecule has 20 heavy (non-hydrogen) atoms. The van der Waals surface area contributed by atoms with E-state index < -0.39 is 0 Å². The number of hydrogen-bond donors (Lipinski definition) is 2. The Kier molecular flexibility index (Phi) is 2.68. The first-order valence-corrected chi connectivity index (χ1v) is 6.12. The van der Waals surface area contributed by atoms with Gasteiger partial charge in [0.2, 0.25) is 0 Å². The lowest BCUT2D eigenvalue weighted by atomic mass is 10.0. The second kappa shape index (κ2) is 4.38. The lowest BCUT2D eigenvalue weighted by Gasteiger charge is -2.12. The average Bonchev–Trinajstić information content (AvgIpc) is 2.47. The standard InChI is InChI=1S/C15H13N3O2/c1-18-14-11(3-2-8-17-14)12(13(16)15(18)20)9-4-6-10(19)7-5-9/h2-8,19H,16H2,1H3. The van der Waals surface area contributed by atoms with E-state index in [9.17, 15) is 9.90 Å². The Labute approximate surface area is 114 Å². The molecule has 0 fully saturated rings. The molecule has 1 aromatic carbocycles. The molecule has 0 aliphatic rings. The van der Waals surface area contributed by atoms with Crippen molar-refractivity contribution >= 4 is 16.7 Å². The third-order valence-electron chi connectivity index (χ3n) is 3.33. The first kappa shape index (κ1) is 12.2. The van der Waals surface area contributed by atoms with Crippen LogP contribution in [0.5, 0.6) is 5.75 Å². The van der Waals surface area contributed by atoms with Crippen molar-refractivity contribution in [3.05, 3.63) is 52.9 Å². The van der Waals surface area contributed by atoms with Gasteiger partial charge in [-0.15, -0.1) is 0 Å². The maximum absolute atomic E-state index is 12.2. The highest BCUT2D eigenvalue weighted by atomic mass is 16.3. The zero-order valence-corrected chi connectivity index (χ0v) is 10.9. The monoisotopic (exact) mass is 267 g/mol. The molecule has 3 aromatic rings. The number of phenols is 1. The molecule has 3 rings (SSSR count). The van der Waals surface area contributed by atoms with E-state index in [0.29, 0.717) is 11.2 Å². The van der Waals surface area contributed by atoms with Gasteiger partial charge in [-0.1, -0.05) is 12.1 Å². The third kappa shape index (κ3) is 1.72. The predicted molar refractivity (Wildman–Crippen MR) is 78.5 cm³/mol. The molecule has 5 heteroatoms. The number of nitrogens with two attached hydrogens (primary N) is 1. The van der Waals surface area contributed by atoms with Gasteiger partial charge in [0.05, 0.1) is 0 Å². The largest absolute Gasteiger partial charge is 0.508 e. The van der Waals surface area contributed by atoms with Gasteiger partial charge in [-0.2, -0.15) is 0 Å². The second-order valence-electron chi connectivity index (χ2n) is 4.57. The molecule has 2 heterocycles. The molecule has 0 atom stereocenters. The molecule has 0 aliphatic carbocycles. The predicted octanol–water partition coefficient (Wildman–Crippen LogP) is 1.89. The Balaban J connectivity index is 2.46. The number of nitrogen functional groups attached to an aromatic ring is 1. The highest BCUT2D eigenvalue weighted by molar-refractivity contribution is 5.98. The van der Waals surface area contributed by atoms with Gasteiger partial charge in [-0.3, -0.25) is 9.36 Å². The highest BCUT2D eigenvalue weighted by Gasteiger charge is 2.14. The minimum atomic E-state index is -0.278. The van der Waals surface area contributed by atoms with Crippen molar-refractivity contribution in [3.63, 3.8) is 0 Å². The summed E-state index contributed by atoms with van der Waals surface area (Å²) in [7, 11) is 1.65. The molecular weight excluding hydrogens is 254 g/mol. The van der Waals surface area contributed by atoms with Crippen LogP contribution in [-0.4, -0.2) is 14.7 Å². The van der Waals surface area contributed by atoms with Crippen LogP contribution in [0.1, 0.15) is 0 Å². The maximum Gasteiger partial charge on any atom is 0.275 e. The Morgan fingerprint density at radius 3 is 2.60 bits per heavy atom. The molecule has 0 saturated heterocycles. The fraction of sp³-hybridized carbons (Fsp3) is 0.0667. The maximum atomic E-state index is 12.2. The van der Waals surface area contributed by atoms with Crippen molar-refractivity contribution in [1.29, 1.82) is 0 Å². The normalized spacial score (nSPS) is 10.8. The molecule has 0 saturated carbocycles. The van der Waals surface area contributed by atoms with Crippen LogP contribution in [0, 0.1) is 0 Å². The van der Waals surface area contributed by atoms with Crippen LogP contribution in [0.4, 0.5) is 5.69 Å². The summed E-state index contributed by atoms with van der Waals surface area (Å²) in [5.41, 5.74) is 7.90. The van der Waals surface area contributed by atoms with Crippen LogP contribution in [0.15, 0.2) is 47.4 Å². The second-order valence-corrected chi connectivity index (χ2v) is 4.57. The molecule has 2 aromatic heterocycles. The van der Waals surface area contributed by atoms with Crippen molar-refractivity contribution in [2.75, 3.05) is 5.73 Å². The molecule has 3 N–H and O–H groups in total. The van der Waals surface area contributed by atoms with Crippen LogP contribution in [0.2, 0.25) is 0 Å². The minimum absolute atomic E-state index is 0.165. The molecule has 0 amide bonds. The molecule has 0 unspecified atom stereocenters. The smallest absolute Gasteiger partial charge is 0.275 e. The number of aromatic nitrogens is 2. The number of fused-ring (bicyclic) bond motifs is 1. The summed E-state index contributed by atoms with van der Waals surface area (Å²) in [5, 5.41) is 10.2. The van der Waals surface area contributed by atoms with Gasteiger partial charge >= 0.3 is 0 Å². The summed E-state index contributed by atoms with van der Waals surface area (Å²) in [6.07, 6.45) is 1.64. The van der Waals surface area contributed by atoms with E-state index in [-0.39, 0.29) is 17.0 Å². The molecule has 0 bridgehead atoms. The van der Waals surface area contributed by atoms with Gasteiger partial charge in [0, 0.05) is 24.2 Å². The number of hydrogen-bond acceptors (Lipinski definition) is 4. The SMILES string of the molecule is Cn1c(=O)c(N)c(-c2ccc(O)cc2)c2cccnc21. The summed E-state index contributed by atoms with van der Waals surface area (Å²) in [5.74, 6) is 0.165. The molecule has 0 radical (unpaired) electrons. The Hall–Kier alpha value is -2.82. The van der Waals surface area contributed by atoms with Crippen molar-refractivity contribution in [2.24, 2.45) is 7.05 Å². The third-order valence-corrected chi connectivity index (χ3v) is 3.33. The fourth-order valence-corrected chi connectivity index (χ4v) is 2.33. The summed E-state index contributed by atoms with van der Waals surface area (Å²) >= 11 is 0. The number of anilines is 1. The zero-order chi connectivity index (χ0) is 14.3. The van der Waals surface area contributed by atoms with E-state index in [1.807, 2.05) is 6.07 Å². The van der Waals surface area contributed by atoms with Gasteiger partial charge in [0.15, 0.2) is 0 Å². The lowest BCUT2D eigenvalue weighted by Crippen LogP contribution is -2.22. The number of phenolic OH excluding ortho intramolecular Hbond substituents is 1. The minimum Gasteiger partial charge on any atom is -0.508 e. The Bertz CT molecular complexity index is 851. The van der Waals surface area contributed by atoms with Gasteiger partial charge in [-0.05, 0) is 29.8 Å². The lowest BCUT2D eigenvalue weighted by molar-refractivity contribution is 0.475. The molecule has 0 spiro atoms. The Morgan fingerprint density at radius 2 is 1.90 bits per heavy atom. The molecule has 5 nitrogen and oxygen atoms in total. The van der Waals surface area contributed by atoms with E-state index in [0.717, 1.165) is 10.9 Å². The number of aryl methyl sites for hydroxylation is 1. The average molecular weight is 267 g/mol. The van der Waals surface area contributed by atoms with E-state index in [1.54, 1.807) is 43.6 Å². The summed E-state index contributed by atoms with van der Waals surface area (Å²) in [6.45, 7) is 0. The van der Waals surface area contributed by atoms with Crippen molar-refractivity contribution in [2.45, 2.75) is 0 Å². The number of aromatic hydroxyl groups is 1. The molecule has 100 valence electrons. The van der Waals surface area contributed by atoms with E-state index >= 15 is 0 Å². The van der Waals surface area contributed by atoms with Crippen molar-refractivity contribution in [3.8, 4) is 16.9 Å². The van der Waals surface area contributed by atoms with Gasteiger partial charge < -0.3 is 10.8 Å². The summed E-state index contributed by atoms with van der Waals surface area (Å²) in [4.78, 5) is 16.4. The quantitative estimate of drug-likeness (QED) is 0.705. The summed E-state index contributed by atoms with van der Waals surface area (Å²) in [6, 6.07) is 10.3. The van der Waals surface area contributed by atoms with Crippen LogP contribution in [0.25, 0.3) is 22.2 Å². The molecule has 0 aliphatic heterocycles. The number of pyridine rings is 2.